The SMILES string of the molecule is CC(C)C1CC[C@@H](C)CC1N=O. The smallest absolute Gasteiger partial charge is 0.0952 e. The first-order chi connectivity index (χ1) is 5.65. The lowest BCUT2D eigenvalue weighted by Crippen LogP contribution is -2.30. The van der Waals surface area contributed by atoms with Gasteiger partial charge in [0.15, 0.2) is 0 Å². The molecule has 0 aliphatic heterocycles. The molecule has 12 heavy (non-hydrogen) atoms. The van der Waals surface area contributed by atoms with Gasteiger partial charge in [0.25, 0.3) is 0 Å². The van der Waals surface area contributed by atoms with Gasteiger partial charge in [0, 0.05) is 0 Å². The molecule has 0 saturated heterocycles. The van der Waals surface area contributed by atoms with Crippen molar-refractivity contribution in [3.63, 3.8) is 0 Å². The Labute approximate surface area is 74.7 Å². The minimum atomic E-state index is 0.0914. The second-order valence-corrected chi connectivity index (χ2v) is 4.50. The van der Waals surface area contributed by atoms with E-state index >= 15 is 0 Å². The van der Waals surface area contributed by atoms with Crippen LogP contribution in [0.2, 0.25) is 0 Å². The van der Waals surface area contributed by atoms with E-state index in [1.54, 1.807) is 0 Å². The summed E-state index contributed by atoms with van der Waals surface area (Å²) >= 11 is 0. The van der Waals surface area contributed by atoms with Crippen LogP contribution in [0, 0.1) is 22.7 Å². The van der Waals surface area contributed by atoms with Crippen LogP contribution in [0.1, 0.15) is 40.0 Å². The standard InChI is InChI=1S/C10H19NO/c1-7(2)9-5-4-8(3)6-10(9)11-12/h7-10H,4-6H2,1-3H3/t8-,9?,10?/m1/s1. The average Bonchev–Trinajstić information content (AvgIpc) is 2.03. The molecule has 0 aromatic rings. The number of hydrogen-bond acceptors (Lipinski definition) is 2. The van der Waals surface area contributed by atoms with Crippen molar-refractivity contribution < 1.29 is 0 Å². The van der Waals surface area contributed by atoms with Gasteiger partial charge in [-0.2, -0.15) is 4.91 Å². The number of rotatable bonds is 2. The summed E-state index contributed by atoms with van der Waals surface area (Å²) in [5.41, 5.74) is 0. The maximum atomic E-state index is 10.6. The molecule has 70 valence electrons. The Morgan fingerprint density at radius 2 is 2.00 bits per heavy atom. The maximum Gasteiger partial charge on any atom is 0.0952 e. The zero-order valence-electron chi connectivity index (χ0n) is 8.29. The molecule has 0 aromatic heterocycles. The van der Waals surface area contributed by atoms with Crippen molar-refractivity contribution in [1.82, 2.24) is 0 Å². The summed E-state index contributed by atoms with van der Waals surface area (Å²) in [6, 6.07) is 0.0914. The molecule has 0 spiro atoms. The van der Waals surface area contributed by atoms with Crippen LogP contribution in [0.3, 0.4) is 0 Å². The van der Waals surface area contributed by atoms with Crippen molar-refractivity contribution >= 4 is 0 Å². The lowest BCUT2D eigenvalue weighted by atomic mass is 9.74. The van der Waals surface area contributed by atoms with E-state index in [2.05, 4.69) is 25.9 Å². The van der Waals surface area contributed by atoms with E-state index in [4.69, 9.17) is 0 Å². The molecule has 0 aromatic carbocycles. The van der Waals surface area contributed by atoms with E-state index in [9.17, 15) is 4.91 Å². The Morgan fingerprint density at radius 3 is 2.50 bits per heavy atom. The summed E-state index contributed by atoms with van der Waals surface area (Å²) in [5, 5.41) is 3.25. The maximum absolute atomic E-state index is 10.6. The molecule has 0 amide bonds. The topological polar surface area (TPSA) is 29.4 Å². The van der Waals surface area contributed by atoms with Crippen LogP contribution in [0.25, 0.3) is 0 Å². The third-order valence-electron chi connectivity index (χ3n) is 3.12. The third-order valence-corrected chi connectivity index (χ3v) is 3.12. The molecule has 3 atom stereocenters. The van der Waals surface area contributed by atoms with Crippen molar-refractivity contribution in [2.45, 2.75) is 46.1 Å². The Bertz CT molecular complexity index is 156. The van der Waals surface area contributed by atoms with Crippen molar-refractivity contribution in [2.75, 3.05) is 0 Å². The van der Waals surface area contributed by atoms with Crippen LogP contribution < -0.4 is 0 Å². The van der Waals surface area contributed by atoms with Gasteiger partial charge in [0.05, 0.1) is 6.04 Å². The second kappa shape index (κ2) is 4.01. The van der Waals surface area contributed by atoms with Crippen LogP contribution in [0.15, 0.2) is 5.18 Å². The minimum absolute atomic E-state index is 0.0914. The van der Waals surface area contributed by atoms with Gasteiger partial charge < -0.3 is 0 Å². The highest BCUT2D eigenvalue weighted by molar-refractivity contribution is 4.84. The van der Waals surface area contributed by atoms with Crippen molar-refractivity contribution in [3.8, 4) is 0 Å². The van der Waals surface area contributed by atoms with Gasteiger partial charge in [-0.05, 0) is 30.6 Å². The predicted molar refractivity (Wildman–Crippen MR) is 50.9 cm³/mol. The molecule has 1 rings (SSSR count). The van der Waals surface area contributed by atoms with Crippen LogP contribution in [-0.2, 0) is 0 Å². The van der Waals surface area contributed by atoms with Crippen molar-refractivity contribution in [2.24, 2.45) is 22.9 Å². The second-order valence-electron chi connectivity index (χ2n) is 4.50. The summed E-state index contributed by atoms with van der Waals surface area (Å²) in [6.45, 7) is 6.60. The van der Waals surface area contributed by atoms with Crippen LogP contribution in [-0.4, -0.2) is 6.04 Å². The average molecular weight is 169 g/mol. The fourth-order valence-corrected chi connectivity index (χ4v) is 2.27. The fraction of sp³-hybridized carbons (Fsp3) is 1.00. The molecule has 1 fully saturated rings. The zero-order valence-corrected chi connectivity index (χ0v) is 8.29. The Kier molecular flexibility index (Phi) is 3.24. The number of nitrogens with zero attached hydrogens (tertiary/aromatic N) is 1. The first-order valence-corrected chi connectivity index (χ1v) is 4.97. The van der Waals surface area contributed by atoms with Crippen LogP contribution in [0.4, 0.5) is 0 Å². The summed E-state index contributed by atoms with van der Waals surface area (Å²) in [7, 11) is 0. The molecule has 1 saturated carbocycles. The lowest BCUT2D eigenvalue weighted by Gasteiger charge is -2.32. The molecule has 1 aliphatic rings. The molecule has 2 heteroatoms. The van der Waals surface area contributed by atoms with E-state index in [0.29, 0.717) is 17.8 Å². The van der Waals surface area contributed by atoms with Crippen molar-refractivity contribution in [1.29, 1.82) is 0 Å². The van der Waals surface area contributed by atoms with Crippen LogP contribution >= 0.6 is 0 Å². The molecule has 0 heterocycles. The third kappa shape index (κ3) is 2.05. The van der Waals surface area contributed by atoms with Gasteiger partial charge in [0.2, 0.25) is 0 Å². The lowest BCUT2D eigenvalue weighted by molar-refractivity contribution is 0.200. The van der Waals surface area contributed by atoms with Crippen LogP contribution in [0.5, 0.6) is 0 Å². The molecule has 2 nitrogen and oxygen atoms in total. The summed E-state index contributed by atoms with van der Waals surface area (Å²) in [5.74, 6) is 1.85. The van der Waals surface area contributed by atoms with E-state index in [1.807, 2.05) is 0 Å². The first kappa shape index (κ1) is 9.69. The molecular weight excluding hydrogens is 150 g/mol. The molecule has 1 aliphatic carbocycles. The number of nitroso groups, excluding NO2 is 1. The van der Waals surface area contributed by atoms with E-state index < -0.39 is 0 Å². The quantitative estimate of drug-likeness (QED) is 0.583. The Balaban J connectivity index is 2.56. The highest BCUT2D eigenvalue weighted by Crippen LogP contribution is 2.34. The Hall–Kier alpha value is -0.400. The largest absolute Gasteiger partial charge is 0.151 e. The molecule has 0 N–H and O–H groups in total. The molecular formula is C10H19NO. The van der Waals surface area contributed by atoms with Gasteiger partial charge in [-0.25, -0.2) is 0 Å². The van der Waals surface area contributed by atoms with Gasteiger partial charge in [-0.1, -0.05) is 32.4 Å². The predicted octanol–water partition coefficient (Wildman–Crippen LogP) is 3.21. The van der Waals surface area contributed by atoms with E-state index in [1.165, 1.54) is 12.8 Å². The van der Waals surface area contributed by atoms with Crippen molar-refractivity contribution in [3.05, 3.63) is 4.91 Å². The van der Waals surface area contributed by atoms with Gasteiger partial charge in [0.1, 0.15) is 0 Å². The van der Waals surface area contributed by atoms with Gasteiger partial charge >= 0.3 is 0 Å². The highest BCUT2D eigenvalue weighted by atomic mass is 16.3. The molecule has 0 radical (unpaired) electrons. The van der Waals surface area contributed by atoms with Gasteiger partial charge in [-0.15, -0.1) is 0 Å². The van der Waals surface area contributed by atoms with Gasteiger partial charge in [-0.3, -0.25) is 0 Å². The monoisotopic (exact) mass is 169 g/mol. The van der Waals surface area contributed by atoms with E-state index in [0.717, 1.165) is 6.42 Å². The number of hydrogen-bond donors (Lipinski definition) is 0. The summed E-state index contributed by atoms with van der Waals surface area (Å²) in [4.78, 5) is 10.6. The normalized spacial score (nSPS) is 36.8. The fourth-order valence-electron chi connectivity index (χ4n) is 2.27. The zero-order chi connectivity index (χ0) is 9.14. The first-order valence-electron chi connectivity index (χ1n) is 4.97. The minimum Gasteiger partial charge on any atom is -0.151 e. The summed E-state index contributed by atoms with van der Waals surface area (Å²) in [6.07, 6.45) is 3.47. The van der Waals surface area contributed by atoms with E-state index in [-0.39, 0.29) is 6.04 Å². The molecule has 2 unspecified atom stereocenters. The Morgan fingerprint density at radius 1 is 1.33 bits per heavy atom. The highest BCUT2D eigenvalue weighted by Gasteiger charge is 2.31. The molecule has 0 bridgehead atoms. The summed E-state index contributed by atoms with van der Waals surface area (Å²) < 4.78 is 0.